The van der Waals surface area contributed by atoms with Crippen molar-refractivity contribution in [2.24, 2.45) is 0 Å². The molecule has 0 atom stereocenters. The standard InChI is InChI=1S/C20H19FN2O3/c1-2-25-18-9-3-14(4-10-18)11-20(24)22-13-17-12-19(26-23-17)15-5-7-16(21)8-6-15/h3-10,12H,2,11,13H2,1H3,(H,22,24). The molecule has 0 fully saturated rings. The molecule has 6 heteroatoms. The third-order valence-corrected chi connectivity index (χ3v) is 3.75. The van der Waals surface area contributed by atoms with Crippen LogP contribution in [0.25, 0.3) is 11.3 Å². The van der Waals surface area contributed by atoms with Crippen LogP contribution in [0.4, 0.5) is 4.39 Å². The Morgan fingerprint density at radius 3 is 2.58 bits per heavy atom. The summed E-state index contributed by atoms with van der Waals surface area (Å²) in [5.41, 5.74) is 2.23. The Bertz CT molecular complexity index is 858. The van der Waals surface area contributed by atoms with E-state index in [1.54, 1.807) is 18.2 Å². The van der Waals surface area contributed by atoms with Crippen molar-refractivity contribution < 1.29 is 18.4 Å². The van der Waals surface area contributed by atoms with E-state index in [-0.39, 0.29) is 24.7 Å². The Balaban J connectivity index is 1.52. The first kappa shape index (κ1) is 17.7. The fraction of sp³-hybridized carbons (Fsp3) is 0.200. The maximum atomic E-state index is 13.0. The van der Waals surface area contributed by atoms with E-state index in [1.807, 2.05) is 31.2 Å². The fourth-order valence-electron chi connectivity index (χ4n) is 2.45. The molecule has 1 heterocycles. The van der Waals surface area contributed by atoms with Gasteiger partial charge in [0.2, 0.25) is 5.91 Å². The van der Waals surface area contributed by atoms with Crippen LogP contribution in [0, 0.1) is 5.82 Å². The molecular weight excluding hydrogens is 335 g/mol. The molecule has 0 bridgehead atoms. The predicted molar refractivity (Wildman–Crippen MR) is 95.1 cm³/mol. The summed E-state index contributed by atoms with van der Waals surface area (Å²) >= 11 is 0. The van der Waals surface area contributed by atoms with E-state index >= 15 is 0 Å². The zero-order chi connectivity index (χ0) is 18.4. The highest BCUT2D eigenvalue weighted by molar-refractivity contribution is 5.78. The number of ether oxygens (including phenoxy) is 1. The lowest BCUT2D eigenvalue weighted by molar-refractivity contribution is -0.120. The lowest BCUT2D eigenvalue weighted by Crippen LogP contribution is -2.24. The summed E-state index contributed by atoms with van der Waals surface area (Å²) in [6.45, 7) is 2.80. The highest BCUT2D eigenvalue weighted by Crippen LogP contribution is 2.20. The molecule has 0 radical (unpaired) electrons. The Morgan fingerprint density at radius 1 is 1.15 bits per heavy atom. The highest BCUT2D eigenvalue weighted by atomic mass is 19.1. The van der Waals surface area contributed by atoms with Gasteiger partial charge in [0.1, 0.15) is 17.3 Å². The van der Waals surface area contributed by atoms with Crippen LogP contribution in [0.5, 0.6) is 5.75 Å². The van der Waals surface area contributed by atoms with Crippen molar-refractivity contribution in [1.82, 2.24) is 10.5 Å². The molecule has 0 saturated carbocycles. The van der Waals surface area contributed by atoms with Crippen LogP contribution in [0.2, 0.25) is 0 Å². The maximum Gasteiger partial charge on any atom is 0.224 e. The molecule has 2 aromatic carbocycles. The molecule has 1 N–H and O–H groups in total. The van der Waals surface area contributed by atoms with Gasteiger partial charge in [-0.05, 0) is 48.9 Å². The van der Waals surface area contributed by atoms with Crippen molar-refractivity contribution in [2.75, 3.05) is 6.61 Å². The quantitative estimate of drug-likeness (QED) is 0.702. The van der Waals surface area contributed by atoms with Gasteiger partial charge in [-0.1, -0.05) is 17.3 Å². The average Bonchev–Trinajstić information content (AvgIpc) is 3.11. The lowest BCUT2D eigenvalue weighted by atomic mass is 10.1. The van der Waals surface area contributed by atoms with Crippen LogP contribution in [0.15, 0.2) is 59.1 Å². The van der Waals surface area contributed by atoms with Crippen LogP contribution in [-0.4, -0.2) is 17.7 Å². The Kier molecular flexibility index (Phi) is 5.63. The highest BCUT2D eigenvalue weighted by Gasteiger charge is 2.09. The van der Waals surface area contributed by atoms with Gasteiger partial charge in [0.05, 0.1) is 19.6 Å². The molecule has 3 aromatic rings. The van der Waals surface area contributed by atoms with Gasteiger partial charge in [-0.2, -0.15) is 0 Å². The Labute approximate surface area is 150 Å². The SMILES string of the molecule is CCOc1ccc(CC(=O)NCc2cc(-c3ccc(F)cc3)on2)cc1. The van der Waals surface area contributed by atoms with Gasteiger partial charge in [0, 0.05) is 11.6 Å². The topological polar surface area (TPSA) is 64.4 Å². The van der Waals surface area contributed by atoms with E-state index in [0.717, 1.165) is 16.9 Å². The summed E-state index contributed by atoms with van der Waals surface area (Å²) in [6.07, 6.45) is 0.273. The first-order valence-corrected chi connectivity index (χ1v) is 8.34. The normalized spacial score (nSPS) is 10.5. The van der Waals surface area contributed by atoms with Gasteiger partial charge in [-0.3, -0.25) is 4.79 Å². The average molecular weight is 354 g/mol. The summed E-state index contributed by atoms with van der Waals surface area (Å²) in [7, 11) is 0. The minimum absolute atomic E-state index is 0.111. The summed E-state index contributed by atoms with van der Waals surface area (Å²) in [4.78, 5) is 12.1. The van der Waals surface area contributed by atoms with Gasteiger partial charge >= 0.3 is 0 Å². The zero-order valence-electron chi connectivity index (χ0n) is 14.4. The predicted octanol–water partition coefficient (Wildman–Crippen LogP) is 3.74. The fourth-order valence-corrected chi connectivity index (χ4v) is 2.45. The van der Waals surface area contributed by atoms with E-state index in [2.05, 4.69) is 10.5 Å². The third-order valence-electron chi connectivity index (χ3n) is 3.75. The number of amides is 1. The smallest absolute Gasteiger partial charge is 0.224 e. The molecule has 134 valence electrons. The third kappa shape index (κ3) is 4.69. The largest absolute Gasteiger partial charge is 0.494 e. The molecule has 5 nitrogen and oxygen atoms in total. The second-order valence-electron chi connectivity index (χ2n) is 5.72. The second kappa shape index (κ2) is 8.29. The molecule has 1 amide bonds. The number of halogens is 1. The molecule has 3 rings (SSSR count). The molecule has 0 spiro atoms. The van der Waals surface area contributed by atoms with E-state index in [9.17, 15) is 9.18 Å². The van der Waals surface area contributed by atoms with E-state index in [4.69, 9.17) is 9.26 Å². The van der Waals surface area contributed by atoms with Crippen molar-refractivity contribution in [3.8, 4) is 17.1 Å². The molecule has 0 unspecified atom stereocenters. The number of nitrogens with zero attached hydrogens (tertiary/aromatic N) is 1. The Hall–Kier alpha value is -3.15. The molecule has 0 aliphatic rings. The van der Waals surface area contributed by atoms with Gasteiger partial charge in [0.25, 0.3) is 0 Å². The summed E-state index contributed by atoms with van der Waals surface area (Å²) in [6, 6.07) is 15.1. The maximum absolute atomic E-state index is 13.0. The van der Waals surface area contributed by atoms with Gasteiger partial charge < -0.3 is 14.6 Å². The minimum Gasteiger partial charge on any atom is -0.494 e. The van der Waals surface area contributed by atoms with Gasteiger partial charge in [0.15, 0.2) is 5.76 Å². The summed E-state index contributed by atoms with van der Waals surface area (Å²) in [5.74, 6) is 0.892. The number of hydrogen-bond acceptors (Lipinski definition) is 4. The van der Waals surface area contributed by atoms with E-state index in [1.165, 1.54) is 12.1 Å². The Morgan fingerprint density at radius 2 is 1.88 bits per heavy atom. The number of rotatable bonds is 7. The van der Waals surface area contributed by atoms with Crippen molar-refractivity contribution in [3.63, 3.8) is 0 Å². The van der Waals surface area contributed by atoms with Crippen molar-refractivity contribution in [1.29, 1.82) is 0 Å². The van der Waals surface area contributed by atoms with E-state index in [0.29, 0.717) is 18.1 Å². The van der Waals surface area contributed by atoms with Gasteiger partial charge in [-0.25, -0.2) is 4.39 Å². The number of carbonyl (C=O) groups is 1. The second-order valence-corrected chi connectivity index (χ2v) is 5.72. The summed E-state index contributed by atoms with van der Waals surface area (Å²) in [5, 5.41) is 6.73. The van der Waals surface area contributed by atoms with Crippen LogP contribution in [0.3, 0.4) is 0 Å². The van der Waals surface area contributed by atoms with Crippen molar-refractivity contribution in [3.05, 3.63) is 71.7 Å². The minimum atomic E-state index is -0.310. The number of hydrogen-bond donors (Lipinski definition) is 1. The van der Waals surface area contributed by atoms with Crippen molar-refractivity contribution in [2.45, 2.75) is 19.9 Å². The molecule has 26 heavy (non-hydrogen) atoms. The molecular formula is C20H19FN2O3. The van der Waals surface area contributed by atoms with Crippen LogP contribution in [-0.2, 0) is 17.8 Å². The first-order valence-electron chi connectivity index (χ1n) is 8.34. The molecule has 0 aliphatic carbocycles. The summed E-state index contributed by atoms with van der Waals surface area (Å²) < 4.78 is 23.6. The van der Waals surface area contributed by atoms with Gasteiger partial charge in [-0.15, -0.1) is 0 Å². The van der Waals surface area contributed by atoms with E-state index < -0.39 is 0 Å². The van der Waals surface area contributed by atoms with Crippen LogP contribution in [0.1, 0.15) is 18.2 Å². The van der Waals surface area contributed by atoms with Crippen LogP contribution < -0.4 is 10.1 Å². The zero-order valence-corrected chi connectivity index (χ0v) is 14.4. The van der Waals surface area contributed by atoms with Crippen molar-refractivity contribution >= 4 is 5.91 Å². The van der Waals surface area contributed by atoms with Crippen LogP contribution >= 0.6 is 0 Å². The first-order chi connectivity index (χ1) is 12.6. The molecule has 1 aromatic heterocycles. The monoisotopic (exact) mass is 354 g/mol. The number of nitrogens with one attached hydrogen (secondary N) is 1. The lowest BCUT2D eigenvalue weighted by Gasteiger charge is -2.05. The number of benzene rings is 2. The number of aromatic nitrogens is 1. The number of carbonyl (C=O) groups excluding carboxylic acids is 1. The molecule has 0 saturated heterocycles. The molecule has 0 aliphatic heterocycles.